The minimum atomic E-state index is -0.627. The number of carbonyl (C=O) groups is 1. The van der Waals surface area contributed by atoms with Gasteiger partial charge in [0.1, 0.15) is 5.82 Å². The maximum Gasteiger partial charge on any atom is 0.168 e. The van der Waals surface area contributed by atoms with Gasteiger partial charge < -0.3 is 0 Å². The molecular weight excluding hydrogens is 310 g/mol. The molecule has 0 amide bonds. The molecule has 0 fully saturated rings. The summed E-state index contributed by atoms with van der Waals surface area (Å²) >= 11 is 17.7. The Labute approximate surface area is 124 Å². The highest BCUT2D eigenvalue weighted by Crippen LogP contribution is 2.27. The van der Waals surface area contributed by atoms with E-state index < -0.39 is 5.82 Å². The van der Waals surface area contributed by atoms with Crippen molar-refractivity contribution < 1.29 is 9.18 Å². The summed E-state index contributed by atoms with van der Waals surface area (Å²) in [5.41, 5.74) is 0.633. The van der Waals surface area contributed by atoms with Gasteiger partial charge in [0, 0.05) is 22.0 Å². The fourth-order valence-corrected chi connectivity index (χ4v) is 2.44. The SMILES string of the molecule is O=C(Cc1c(Cl)cccc1Cl)c1cccc(F)c1Cl. The zero-order valence-electron chi connectivity index (χ0n) is 9.59. The molecule has 0 radical (unpaired) electrons. The molecule has 1 nitrogen and oxygen atoms in total. The van der Waals surface area contributed by atoms with Crippen molar-refractivity contribution in [2.24, 2.45) is 0 Å². The number of hydrogen-bond donors (Lipinski definition) is 0. The minimum absolute atomic E-state index is 0.0261. The van der Waals surface area contributed by atoms with Gasteiger partial charge in [-0.3, -0.25) is 4.79 Å². The van der Waals surface area contributed by atoms with Gasteiger partial charge in [-0.2, -0.15) is 0 Å². The first kappa shape index (κ1) is 14.3. The largest absolute Gasteiger partial charge is 0.294 e. The molecule has 0 bridgehead atoms. The van der Waals surface area contributed by atoms with Crippen LogP contribution < -0.4 is 0 Å². The molecule has 0 aromatic heterocycles. The first-order chi connectivity index (χ1) is 9.00. The number of rotatable bonds is 3. The van der Waals surface area contributed by atoms with E-state index in [1.807, 2.05) is 0 Å². The molecule has 0 aliphatic carbocycles. The van der Waals surface area contributed by atoms with Crippen molar-refractivity contribution in [1.82, 2.24) is 0 Å². The van der Waals surface area contributed by atoms with Gasteiger partial charge in [0.2, 0.25) is 0 Å². The molecule has 0 heterocycles. The molecule has 0 aliphatic heterocycles. The van der Waals surface area contributed by atoms with Crippen molar-refractivity contribution in [3.8, 4) is 0 Å². The van der Waals surface area contributed by atoms with Crippen molar-refractivity contribution in [2.75, 3.05) is 0 Å². The van der Waals surface area contributed by atoms with E-state index in [1.54, 1.807) is 18.2 Å². The molecule has 0 unspecified atom stereocenters. The van der Waals surface area contributed by atoms with E-state index in [0.717, 1.165) is 0 Å². The second-order valence-electron chi connectivity index (χ2n) is 3.90. The van der Waals surface area contributed by atoms with E-state index in [-0.39, 0.29) is 22.8 Å². The van der Waals surface area contributed by atoms with Gasteiger partial charge in [-0.25, -0.2) is 4.39 Å². The lowest BCUT2D eigenvalue weighted by atomic mass is 10.0. The smallest absolute Gasteiger partial charge is 0.168 e. The van der Waals surface area contributed by atoms with E-state index in [9.17, 15) is 9.18 Å². The Hall–Kier alpha value is -1.09. The molecule has 0 atom stereocenters. The summed E-state index contributed by atoms with van der Waals surface area (Å²) in [6.45, 7) is 0. The second kappa shape index (κ2) is 5.91. The molecule has 98 valence electrons. The van der Waals surface area contributed by atoms with Crippen molar-refractivity contribution in [1.29, 1.82) is 0 Å². The van der Waals surface area contributed by atoms with Gasteiger partial charge in [-0.05, 0) is 29.8 Å². The lowest BCUT2D eigenvalue weighted by molar-refractivity contribution is 0.0992. The average molecular weight is 318 g/mol. The monoisotopic (exact) mass is 316 g/mol. The molecule has 2 aromatic carbocycles. The summed E-state index contributed by atoms with van der Waals surface area (Å²) in [5.74, 6) is -0.961. The molecule has 2 aromatic rings. The van der Waals surface area contributed by atoms with Gasteiger partial charge in [-0.1, -0.05) is 46.9 Å². The van der Waals surface area contributed by atoms with Crippen LogP contribution in [0.15, 0.2) is 36.4 Å². The third-order valence-corrected chi connectivity index (χ3v) is 3.74. The van der Waals surface area contributed by atoms with Crippen LogP contribution in [0.4, 0.5) is 4.39 Å². The van der Waals surface area contributed by atoms with Crippen LogP contribution in [0, 0.1) is 5.82 Å². The predicted molar refractivity (Wildman–Crippen MR) is 75.9 cm³/mol. The maximum absolute atomic E-state index is 13.3. The number of Topliss-reactive ketones (excluding diaryl/α,β-unsaturated/α-hetero) is 1. The number of hydrogen-bond acceptors (Lipinski definition) is 1. The summed E-state index contributed by atoms with van der Waals surface area (Å²) < 4.78 is 13.3. The van der Waals surface area contributed by atoms with Crippen molar-refractivity contribution in [2.45, 2.75) is 6.42 Å². The van der Waals surface area contributed by atoms with E-state index in [1.165, 1.54) is 18.2 Å². The third-order valence-electron chi connectivity index (χ3n) is 2.65. The fraction of sp³-hybridized carbons (Fsp3) is 0.0714. The maximum atomic E-state index is 13.3. The van der Waals surface area contributed by atoms with Crippen molar-refractivity contribution in [3.05, 3.63) is 68.4 Å². The lowest BCUT2D eigenvalue weighted by Gasteiger charge is -2.07. The Morgan fingerprint density at radius 1 is 1.00 bits per heavy atom. The molecule has 0 saturated heterocycles. The zero-order valence-corrected chi connectivity index (χ0v) is 11.9. The topological polar surface area (TPSA) is 17.1 Å². The summed E-state index contributed by atoms with van der Waals surface area (Å²) in [5, 5.41) is 0.609. The molecule has 5 heteroatoms. The highest BCUT2D eigenvalue weighted by atomic mass is 35.5. The molecule has 19 heavy (non-hydrogen) atoms. The van der Waals surface area contributed by atoms with Crippen LogP contribution >= 0.6 is 34.8 Å². The number of benzene rings is 2. The predicted octanol–water partition coefficient (Wildman–Crippen LogP) is 5.21. The van der Waals surface area contributed by atoms with E-state index in [2.05, 4.69) is 0 Å². The Kier molecular flexibility index (Phi) is 4.46. The first-order valence-electron chi connectivity index (χ1n) is 5.41. The van der Waals surface area contributed by atoms with Gasteiger partial charge in [-0.15, -0.1) is 0 Å². The summed E-state index contributed by atoms with van der Waals surface area (Å²) in [6.07, 6.45) is -0.0261. The van der Waals surface area contributed by atoms with Crippen LogP contribution in [0.5, 0.6) is 0 Å². The average Bonchev–Trinajstić information content (AvgIpc) is 2.37. The number of ketones is 1. The Balaban J connectivity index is 2.34. The second-order valence-corrected chi connectivity index (χ2v) is 5.09. The number of carbonyl (C=O) groups excluding carboxylic acids is 1. The first-order valence-corrected chi connectivity index (χ1v) is 6.54. The highest BCUT2D eigenvalue weighted by molar-refractivity contribution is 6.37. The molecule has 0 N–H and O–H groups in total. The van der Waals surface area contributed by atoms with E-state index >= 15 is 0 Å². The third kappa shape index (κ3) is 3.08. The van der Waals surface area contributed by atoms with Crippen molar-refractivity contribution >= 4 is 40.6 Å². The Morgan fingerprint density at radius 3 is 2.21 bits per heavy atom. The van der Waals surface area contributed by atoms with Gasteiger partial charge in [0.05, 0.1) is 5.02 Å². The lowest BCUT2D eigenvalue weighted by Crippen LogP contribution is -2.06. The number of halogens is 4. The Bertz CT molecular complexity index is 620. The van der Waals surface area contributed by atoms with Gasteiger partial charge >= 0.3 is 0 Å². The minimum Gasteiger partial charge on any atom is -0.294 e. The Morgan fingerprint density at radius 2 is 1.58 bits per heavy atom. The molecule has 0 spiro atoms. The summed E-state index contributed by atoms with van der Waals surface area (Å²) in [7, 11) is 0. The molecule has 0 saturated carbocycles. The van der Waals surface area contributed by atoms with Crippen LogP contribution in [-0.2, 0) is 6.42 Å². The fourth-order valence-electron chi connectivity index (χ4n) is 1.68. The van der Waals surface area contributed by atoms with Crippen LogP contribution in [-0.4, -0.2) is 5.78 Å². The highest BCUT2D eigenvalue weighted by Gasteiger charge is 2.16. The van der Waals surface area contributed by atoms with Gasteiger partial charge in [0.25, 0.3) is 0 Å². The summed E-state index contributed by atoms with van der Waals surface area (Å²) in [4.78, 5) is 12.1. The van der Waals surface area contributed by atoms with E-state index in [4.69, 9.17) is 34.8 Å². The summed E-state index contributed by atoms with van der Waals surface area (Å²) in [6, 6.07) is 9.07. The van der Waals surface area contributed by atoms with Crippen LogP contribution in [0.25, 0.3) is 0 Å². The van der Waals surface area contributed by atoms with Crippen molar-refractivity contribution in [3.63, 3.8) is 0 Å². The zero-order chi connectivity index (χ0) is 14.0. The van der Waals surface area contributed by atoms with Crippen LogP contribution in [0.3, 0.4) is 0 Å². The van der Waals surface area contributed by atoms with Gasteiger partial charge in [0.15, 0.2) is 5.78 Å². The molecular formula is C14H8Cl3FO. The van der Waals surface area contributed by atoms with Crippen LogP contribution in [0.2, 0.25) is 15.1 Å². The normalized spacial score (nSPS) is 10.5. The van der Waals surface area contributed by atoms with E-state index in [0.29, 0.717) is 15.6 Å². The quantitative estimate of drug-likeness (QED) is 0.710. The molecule has 0 aliphatic rings. The van der Waals surface area contributed by atoms with Crippen LogP contribution in [0.1, 0.15) is 15.9 Å². The standard InChI is InChI=1S/C14H8Cl3FO/c15-10-4-2-5-11(16)9(10)7-13(19)8-3-1-6-12(18)14(8)17/h1-6H,7H2. The molecule has 2 rings (SSSR count).